The van der Waals surface area contributed by atoms with E-state index in [4.69, 9.17) is 14.7 Å². The molecule has 0 saturated carbocycles. The molecule has 0 spiro atoms. The molecule has 1 rings (SSSR count). The van der Waals surface area contributed by atoms with Gasteiger partial charge in [-0.05, 0) is 18.2 Å². The Morgan fingerprint density at radius 3 is 2.47 bits per heavy atom. The third-order valence-corrected chi connectivity index (χ3v) is 1.90. The van der Waals surface area contributed by atoms with Gasteiger partial charge in [0.1, 0.15) is 5.71 Å². The summed E-state index contributed by atoms with van der Waals surface area (Å²) in [5, 5.41) is 11.4. The quantitative estimate of drug-likeness (QED) is 0.348. The van der Waals surface area contributed by atoms with E-state index in [0.29, 0.717) is 23.3 Å². The minimum atomic E-state index is -0.0593. The summed E-state index contributed by atoms with van der Waals surface area (Å²) in [5.74, 6) is 1.02. The van der Waals surface area contributed by atoms with Crippen LogP contribution in [0.4, 0.5) is 0 Å². The standard InChI is InChI=1S/C10H11NO4/c1-14-9-4-3-7(5-10(9)15-2)8(6-12)11-13/h3-6,13H,1-2H3. The minimum Gasteiger partial charge on any atom is -0.493 e. The van der Waals surface area contributed by atoms with E-state index >= 15 is 0 Å². The first-order chi connectivity index (χ1) is 7.26. The molecule has 0 amide bonds. The second kappa shape index (κ2) is 4.99. The van der Waals surface area contributed by atoms with Gasteiger partial charge >= 0.3 is 0 Å². The van der Waals surface area contributed by atoms with Gasteiger partial charge in [0.05, 0.1) is 14.2 Å². The number of carbonyl (C=O) groups excluding carboxylic acids is 1. The molecule has 0 radical (unpaired) electrons. The Kier molecular flexibility index (Phi) is 3.68. The summed E-state index contributed by atoms with van der Waals surface area (Å²) in [6.07, 6.45) is 0.460. The maximum absolute atomic E-state index is 10.5. The zero-order valence-corrected chi connectivity index (χ0v) is 8.43. The van der Waals surface area contributed by atoms with Crippen molar-refractivity contribution in [1.29, 1.82) is 0 Å². The van der Waals surface area contributed by atoms with Crippen LogP contribution in [0.1, 0.15) is 5.56 Å². The molecule has 5 nitrogen and oxygen atoms in total. The number of methoxy groups -OCH3 is 2. The summed E-state index contributed by atoms with van der Waals surface area (Å²) in [6.45, 7) is 0. The zero-order valence-electron chi connectivity index (χ0n) is 8.43. The van der Waals surface area contributed by atoms with Crippen molar-refractivity contribution in [3.63, 3.8) is 0 Å². The molecule has 0 fully saturated rings. The lowest BCUT2D eigenvalue weighted by atomic mass is 10.1. The van der Waals surface area contributed by atoms with Crippen molar-refractivity contribution in [2.75, 3.05) is 14.2 Å². The Hall–Kier alpha value is -2.04. The van der Waals surface area contributed by atoms with Crippen molar-refractivity contribution in [2.45, 2.75) is 0 Å². The van der Waals surface area contributed by atoms with Gasteiger partial charge in [-0.25, -0.2) is 0 Å². The minimum absolute atomic E-state index is 0.0593. The molecule has 0 atom stereocenters. The number of oxime groups is 1. The molecule has 0 bridgehead atoms. The largest absolute Gasteiger partial charge is 0.493 e. The topological polar surface area (TPSA) is 68.1 Å². The van der Waals surface area contributed by atoms with Crippen molar-refractivity contribution in [2.24, 2.45) is 5.16 Å². The second-order valence-corrected chi connectivity index (χ2v) is 2.67. The van der Waals surface area contributed by atoms with Gasteiger partial charge in [0, 0.05) is 5.56 Å². The van der Waals surface area contributed by atoms with Gasteiger partial charge in [-0.3, -0.25) is 4.79 Å². The van der Waals surface area contributed by atoms with Gasteiger partial charge in [0.15, 0.2) is 17.8 Å². The zero-order chi connectivity index (χ0) is 11.3. The number of hydrogen-bond acceptors (Lipinski definition) is 5. The van der Waals surface area contributed by atoms with E-state index in [2.05, 4.69) is 5.16 Å². The Balaban J connectivity index is 3.18. The molecule has 15 heavy (non-hydrogen) atoms. The maximum atomic E-state index is 10.5. The molecule has 0 aliphatic rings. The van der Waals surface area contributed by atoms with Crippen LogP contribution in [-0.2, 0) is 4.79 Å². The second-order valence-electron chi connectivity index (χ2n) is 2.67. The monoisotopic (exact) mass is 209 g/mol. The molecule has 1 aromatic rings. The summed E-state index contributed by atoms with van der Waals surface area (Å²) >= 11 is 0. The average Bonchev–Trinajstić information content (AvgIpc) is 2.30. The SMILES string of the molecule is COc1ccc(C(C=O)=NO)cc1OC. The van der Waals surface area contributed by atoms with Gasteiger partial charge in [-0.15, -0.1) is 0 Å². The molecule has 0 unspecified atom stereocenters. The first-order valence-corrected chi connectivity index (χ1v) is 4.16. The fraction of sp³-hybridized carbons (Fsp3) is 0.200. The van der Waals surface area contributed by atoms with E-state index in [0.717, 1.165) is 0 Å². The Morgan fingerprint density at radius 1 is 1.33 bits per heavy atom. The van der Waals surface area contributed by atoms with Gasteiger partial charge < -0.3 is 14.7 Å². The lowest BCUT2D eigenvalue weighted by Gasteiger charge is -2.08. The summed E-state index contributed by atoms with van der Waals surface area (Å²) < 4.78 is 10.1. The molecular weight excluding hydrogens is 198 g/mol. The number of rotatable bonds is 4. The first kappa shape index (κ1) is 11.0. The van der Waals surface area contributed by atoms with E-state index in [1.807, 2.05) is 0 Å². The molecule has 0 aromatic heterocycles. The van der Waals surface area contributed by atoms with Crippen molar-refractivity contribution in [1.82, 2.24) is 0 Å². The van der Waals surface area contributed by atoms with Crippen LogP contribution in [0, 0.1) is 0 Å². The first-order valence-electron chi connectivity index (χ1n) is 4.16. The van der Waals surface area contributed by atoms with E-state index in [1.54, 1.807) is 18.2 Å². The third-order valence-electron chi connectivity index (χ3n) is 1.90. The number of ether oxygens (including phenoxy) is 2. The van der Waals surface area contributed by atoms with Gasteiger partial charge in [0.2, 0.25) is 0 Å². The number of aldehydes is 1. The predicted octanol–water partition coefficient (Wildman–Crippen LogP) is 1.08. The van der Waals surface area contributed by atoms with Gasteiger partial charge in [-0.1, -0.05) is 5.16 Å². The van der Waals surface area contributed by atoms with E-state index in [1.165, 1.54) is 14.2 Å². The van der Waals surface area contributed by atoms with Crippen molar-refractivity contribution in [3.8, 4) is 11.5 Å². The van der Waals surface area contributed by atoms with Crippen LogP contribution >= 0.6 is 0 Å². The highest BCUT2D eigenvalue weighted by atomic mass is 16.5. The van der Waals surface area contributed by atoms with Crippen LogP contribution in [0.25, 0.3) is 0 Å². The lowest BCUT2D eigenvalue weighted by molar-refractivity contribution is -0.102. The van der Waals surface area contributed by atoms with E-state index in [9.17, 15) is 4.79 Å². The molecular formula is C10H11NO4. The van der Waals surface area contributed by atoms with Crippen LogP contribution in [0.5, 0.6) is 11.5 Å². The van der Waals surface area contributed by atoms with Crippen molar-refractivity contribution >= 4 is 12.0 Å². The Morgan fingerprint density at radius 2 is 2.00 bits per heavy atom. The van der Waals surface area contributed by atoms with Crippen LogP contribution < -0.4 is 9.47 Å². The summed E-state index contributed by atoms with van der Waals surface area (Å²) in [6, 6.07) is 4.79. The van der Waals surface area contributed by atoms with Crippen LogP contribution in [0.15, 0.2) is 23.4 Å². The van der Waals surface area contributed by atoms with Crippen LogP contribution in [-0.4, -0.2) is 31.4 Å². The molecule has 1 N–H and O–H groups in total. The number of nitrogens with zero attached hydrogens (tertiary/aromatic N) is 1. The fourth-order valence-electron chi connectivity index (χ4n) is 1.14. The molecule has 0 aliphatic heterocycles. The molecule has 1 aromatic carbocycles. The highest BCUT2D eigenvalue weighted by Gasteiger charge is 2.08. The van der Waals surface area contributed by atoms with Crippen molar-refractivity contribution in [3.05, 3.63) is 23.8 Å². The van der Waals surface area contributed by atoms with E-state index < -0.39 is 0 Å². The summed E-state index contributed by atoms with van der Waals surface area (Å²) in [5.41, 5.74) is 0.404. The lowest BCUT2D eigenvalue weighted by Crippen LogP contribution is -2.03. The molecule has 5 heteroatoms. The number of hydrogen-bond donors (Lipinski definition) is 1. The van der Waals surface area contributed by atoms with E-state index in [-0.39, 0.29) is 5.71 Å². The van der Waals surface area contributed by atoms with Crippen molar-refractivity contribution < 1.29 is 19.5 Å². The highest BCUT2D eigenvalue weighted by molar-refractivity contribution is 6.36. The van der Waals surface area contributed by atoms with Gasteiger partial charge in [-0.2, -0.15) is 0 Å². The fourth-order valence-corrected chi connectivity index (χ4v) is 1.14. The third kappa shape index (κ3) is 2.25. The summed E-state index contributed by atoms with van der Waals surface area (Å²) in [7, 11) is 3.00. The maximum Gasteiger partial charge on any atom is 0.172 e. The number of carbonyl (C=O) groups is 1. The smallest absolute Gasteiger partial charge is 0.172 e. The predicted molar refractivity (Wildman–Crippen MR) is 53.9 cm³/mol. The molecule has 0 heterocycles. The summed E-state index contributed by atoms with van der Waals surface area (Å²) in [4.78, 5) is 10.5. The Labute approximate surface area is 86.9 Å². The van der Waals surface area contributed by atoms with Crippen LogP contribution in [0.2, 0.25) is 0 Å². The highest BCUT2D eigenvalue weighted by Crippen LogP contribution is 2.27. The molecule has 0 saturated heterocycles. The molecule has 80 valence electrons. The number of benzene rings is 1. The van der Waals surface area contributed by atoms with Crippen LogP contribution in [0.3, 0.4) is 0 Å². The Bertz CT molecular complexity index is 387. The molecule has 0 aliphatic carbocycles. The average molecular weight is 209 g/mol. The van der Waals surface area contributed by atoms with Gasteiger partial charge in [0.25, 0.3) is 0 Å². The normalized spacial score (nSPS) is 10.9.